The number of Topliss-reactive ketones (excluding diaryl/α,β-unsaturated/α-hetero) is 1. The molecule has 0 aromatic heterocycles. The molecule has 1 fully saturated rings. The summed E-state index contributed by atoms with van der Waals surface area (Å²) in [6, 6.07) is 22.7. The lowest BCUT2D eigenvalue weighted by Crippen LogP contribution is -2.31. The SMILES string of the molecule is COc1cccc(C2C(=C(O)c3ccc(Cl)cc3)C(=O)C(=O)N2CCc2ccccc2)c1. The highest BCUT2D eigenvalue weighted by Gasteiger charge is 2.45. The average molecular weight is 448 g/mol. The third-order valence-electron chi connectivity index (χ3n) is 5.55. The van der Waals surface area contributed by atoms with Crippen molar-refractivity contribution in [3.8, 4) is 5.75 Å². The predicted octanol–water partition coefficient (Wildman–Crippen LogP) is 5.01. The van der Waals surface area contributed by atoms with Crippen LogP contribution >= 0.6 is 11.6 Å². The number of amides is 1. The standard InChI is InChI=1S/C26H22ClNO4/c1-32-21-9-5-8-19(16-21)23-22(24(29)18-10-12-20(27)13-11-18)25(30)26(31)28(23)15-14-17-6-3-2-4-7-17/h2-13,16,23,29H,14-15H2,1H3. The van der Waals surface area contributed by atoms with Crippen molar-refractivity contribution in [2.24, 2.45) is 0 Å². The molecule has 0 spiro atoms. The Hall–Kier alpha value is -3.57. The quantitative estimate of drug-likeness (QED) is 0.327. The Morgan fingerprint density at radius 1 is 1.00 bits per heavy atom. The Kier molecular flexibility index (Phi) is 6.28. The molecule has 0 aliphatic carbocycles. The number of ether oxygens (including phenoxy) is 1. The maximum absolute atomic E-state index is 13.1. The van der Waals surface area contributed by atoms with Crippen molar-refractivity contribution in [3.05, 3.63) is 106 Å². The number of ketones is 1. The Morgan fingerprint density at radius 2 is 1.72 bits per heavy atom. The van der Waals surface area contributed by atoms with Gasteiger partial charge in [-0.1, -0.05) is 54.1 Å². The molecule has 3 aromatic rings. The monoisotopic (exact) mass is 447 g/mol. The topological polar surface area (TPSA) is 66.8 Å². The van der Waals surface area contributed by atoms with E-state index in [0.717, 1.165) is 5.56 Å². The first-order valence-electron chi connectivity index (χ1n) is 10.2. The van der Waals surface area contributed by atoms with E-state index in [2.05, 4.69) is 0 Å². The van der Waals surface area contributed by atoms with Crippen LogP contribution in [0.5, 0.6) is 5.75 Å². The van der Waals surface area contributed by atoms with Crippen LogP contribution in [0.3, 0.4) is 0 Å². The van der Waals surface area contributed by atoms with E-state index in [1.54, 1.807) is 49.6 Å². The van der Waals surface area contributed by atoms with Gasteiger partial charge in [0.1, 0.15) is 11.5 Å². The molecule has 0 saturated carbocycles. The molecular weight excluding hydrogens is 426 g/mol. The summed E-state index contributed by atoms with van der Waals surface area (Å²) in [7, 11) is 1.55. The highest BCUT2D eigenvalue weighted by atomic mass is 35.5. The van der Waals surface area contributed by atoms with Gasteiger partial charge in [-0.25, -0.2) is 0 Å². The smallest absolute Gasteiger partial charge is 0.295 e. The first-order valence-corrected chi connectivity index (χ1v) is 10.6. The van der Waals surface area contributed by atoms with Gasteiger partial charge >= 0.3 is 0 Å². The first kappa shape index (κ1) is 21.7. The van der Waals surface area contributed by atoms with Gasteiger partial charge in [0.2, 0.25) is 0 Å². The third kappa shape index (κ3) is 4.25. The predicted molar refractivity (Wildman–Crippen MR) is 124 cm³/mol. The highest BCUT2D eigenvalue weighted by molar-refractivity contribution is 6.46. The van der Waals surface area contributed by atoms with Crippen molar-refractivity contribution in [2.75, 3.05) is 13.7 Å². The molecule has 1 atom stereocenters. The fraction of sp³-hybridized carbons (Fsp3) is 0.154. The number of hydrogen-bond donors (Lipinski definition) is 1. The van der Waals surface area contributed by atoms with Gasteiger partial charge in [-0.15, -0.1) is 0 Å². The summed E-state index contributed by atoms with van der Waals surface area (Å²) in [4.78, 5) is 27.6. The number of aliphatic hydroxyl groups is 1. The van der Waals surface area contributed by atoms with Crippen LogP contribution in [0.4, 0.5) is 0 Å². The Bertz CT molecular complexity index is 1170. The van der Waals surface area contributed by atoms with E-state index < -0.39 is 17.7 Å². The van der Waals surface area contributed by atoms with Gasteiger partial charge < -0.3 is 14.7 Å². The largest absolute Gasteiger partial charge is 0.507 e. The minimum absolute atomic E-state index is 0.0543. The summed E-state index contributed by atoms with van der Waals surface area (Å²) >= 11 is 5.97. The Morgan fingerprint density at radius 3 is 2.41 bits per heavy atom. The average Bonchev–Trinajstić information content (AvgIpc) is 3.08. The second kappa shape index (κ2) is 9.28. The zero-order valence-corrected chi connectivity index (χ0v) is 18.3. The lowest BCUT2D eigenvalue weighted by atomic mass is 9.95. The first-order chi connectivity index (χ1) is 15.5. The number of benzene rings is 3. The van der Waals surface area contributed by atoms with Gasteiger partial charge in [0.25, 0.3) is 11.7 Å². The fourth-order valence-electron chi connectivity index (χ4n) is 3.93. The molecule has 6 heteroatoms. The molecular formula is C26H22ClNO4. The molecule has 1 amide bonds. The summed E-state index contributed by atoms with van der Waals surface area (Å²) in [6.45, 7) is 0.327. The summed E-state index contributed by atoms with van der Waals surface area (Å²) in [5.41, 5.74) is 2.21. The van der Waals surface area contributed by atoms with Gasteiger partial charge in [-0.2, -0.15) is 0 Å². The number of rotatable bonds is 6. The van der Waals surface area contributed by atoms with Crippen molar-refractivity contribution in [2.45, 2.75) is 12.5 Å². The van der Waals surface area contributed by atoms with Crippen molar-refractivity contribution < 1.29 is 19.4 Å². The van der Waals surface area contributed by atoms with Crippen molar-refractivity contribution in [1.82, 2.24) is 4.90 Å². The molecule has 0 bridgehead atoms. The normalized spacial score (nSPS) is 17.6. The van der Waals surface area contributed by atoms with Gasteiger partial charge in [0.15, 0.2) is 0 Å². The van der Waals surface area contributed by atoms with E-state index >= 15 is 0 Å². The maximum Gasteiger partial charge on any atom is 0.295 e. The molecule has 1 aliphatic heterocycles. The molecule has 1 aliphatic rings. The summed E-state index contributed by atoms with van der Waals surface area (Å²) in [5, 5.41) is 11.6. The van der Waals surface area contributed by atoms with E-state index in [1.807, 2.05) is 36.4 Å². The highest BCUT2D eigenvalue weighted by Crippen LogP contribution is 2.40. The van der Waals surface area contributed by atoms with Crippen molar-refractivity contribution >= 4 is 29.1 Å². The molecule has 32 heavy (non-hydrogen) atoms. The second-order valence-electron chi connectivity index (χ2n) is 7.51. The van der Waals surface area contributed by atoms with Crippen LogP contribution in [0.25, 0.3) is 5.76 Å². The summed E-state index contributed by atoms with van der Waals surface area (Å²) in [5.74, 6) is -0.972. The molecule has 3 aromatic carbocycles. The van der Waals surface area contributed by atoms with Crippen molar-refractivity contribution in [3.63, 3.8) is 0 Å². The molecule has 1 heterocycles. The lowest BCUT2D eigenvalue weighted by Gasteiger charge is -2.25. The summed E-state index contributed by atoms with van der Waals surface area (Å²) in [6.07, 6.45) is 0.579. The van der Waals surface area contributed by atoms with Gasteiger partial charge in [0, 0.05) is 17.1 Å². The van der Waals surface area contributed by atoms with E-state index in [9.17, 15) is 14.7 Å². The van der Waals surface area contributed by atoms with E-state index in [1.165, 1.54) is 4.90 Å². The molecule has 0 radical (unpaired) electrons. The molecule has 4 rings (SSSR count). The van der Waals surface area contributed by atoms with Crippen LogP contribution in [0, 0.1) is 0 Å². The van der Waals surface area contributed by atoms with E-state index in [-0.39, 0.29) is 11.3 Å². The number of carbonyl (C=O) groups is 2. The fourth-order valence-corrected chi connectivity index (χ4v) is 4.05. The second-order valence-corrected chi connectivity index (χ2v) is 7.95. The van der Waals surface area contributed by atoms with Gasteiger partial charge in [0.05, 0.1) is 18.7 Å². The number of nitrogens with zero attached hydrogens (tertiary/aromatic N) is 1. The molecule has 1 saturated heterocycles. The number of methoxy groups -OCH3 is 1. The summed E-state index contributed by atoms with van der Waals surface area (Å²) < 4.78 is 5.34. The molecule has 162 valence electrons. The van der Waals surface area contributed by atoms with Crippen molar-refractivity contribution in [1.29, 1.82) is 0 Å². The van der Waals surface area contributed by atoms with Crippen LogP contribution in [0.15, 0.2) is 84.4 Å². The van der Waals surface area contributed by atoms with Gasteiger partial charge in [-0.3, -0.25) is 9.59 Å². The molecule has 1 unspecified atom stereocenters. The minimum atomic E-state index is -0.732. The molecule has 1 N–H and O–H groups in total. The maximum atomic E-state index is 13.1. The van der Waals surface area contributed by atoms with Gasteiger partial charge in [-0.05, 0) is 53.9 Å². The minimum Gasteiger partial charge on any atom is -0.507 e. The molecule has 5 nitrogen and oxygen atoms in total. The third-order valence-corrected chi connectivity index (χ3v) is 5.80. The number of halogens is 1. The van der Waals surface area contributed by atoms with E-state index in [4.69, 9.17) is 16.3 Å². The van der Waals surface area contributed by atoms with E-state index in [0.29, 0.717) is 34.9 Å². The Labute approximate surface area is 191 Å². The van der Waals surface area contributed by atoms with Crippen LogP contribution in [0.1, 0.15) is 22.7 Å². The van der Waals surface area contributed by atoms with Crippen LogP contribution in [-0.4, -0.2) is 35.4 Å². The Balaban J connectivity index is 1.80. The number of likely N-dealkylation sites (tertiary alicyclic amines) is 1. The number of carbonyl (C=O) groups excluding carboxylic acids is 2. The van der Waals surface area contributed by atoms with Crippen LogP contribution in [0.2, 0.25) is 5.02 Å². The van der Waals surface area contributed by atoms with Crippen LogP contribution < -0.4 is 4.74 Å². The number of hydrogen-bond acceptors (Lipinski definition) is 4. The van der Waals surface area contributed by atoms with Crippen LogP contribution in [-0.2, 0) is 16.0 Å². The zero-order valence-electron chi connectivity index (χ0n) is 17.5. The zero-order chi connectivity index (χ0) is 22.7. The lowest BCUT2D eigenvalue weighted by molar-refractivity contribution is -0.139. The number of aliphatic hydroxyl groups excluding tert-OH is 1.